The molecule has 0 fully saturated rings. The van der Waals surface area contributed by atoms with Crippen molar-refractivity contribution < 1.29 is 0 Å². The van der Waals surface area contributed by atoms with Crippen LogP contribution in [0.4, 0.5) is 11.5 Å². The molecular formula is C12H21N3. The molecule has 0 saturated carbocycles. The number of aromatic nitrogens is 1. The van der Waals surface area contributed by atoms with E-state index in [0.29, 0.717) is 6.04 Å². The Bertz CT molecular complexity index is 323. The van der Waals surface area contributed by atoms with Crippen LogP contribution < -0.4 is 10.6 Å². The van der Waals surface area contributed by atoms with Crippen LogP contribution in [0.2, 0.25) is 0 Å². The summed E-state index contributed by atoms with van der Waals surface area (Å²) in [6.45, 7) is 9.48. The van der Waals surface area contributed by atoms with Gasteiger partial charge in [0.1, 0.15) is 5.82 Å². The predicted molar refractivity (Wildman–Crippen MR) is 66.2 cm³/mol. The van der Waals surface area contributed by atoms with Crippen LogP contribution in [-0.4, -0.2) is 17.6 Å². The third kappa shape index (κ3) is 2.61. The minimum Gasteiger partial charge on any atom is -0.398 e. The number of nitrogens with zero attached hydrogens (tertiary/aromatic N) is 2. The first-order chi connectivity index (χ1) is 7.10. The van der Waals surface area contributed by atoms with Crippen molar-refractivity contribution in [2.45, 2.75) is 40.2 Å². The van der Waals surface area contributed by atoms with Gasteiger partial charge in [-0.2, -0.15) is 0 Å². The standard InChI is InChI=1S/C12H21N3/c1-5-10(4)15(6-2)12-7-11(13)9(3)8-14-12/h7-8,10H,5-6H2,1-4H3,(H2,13,14). The van der Waals surface area contributed by atoms with Gasteiger partial charge < -0.3 is 10.6 Å². The van der Waals surface area contributed by atoms with Crippen molar-refractivity contribution in [1.29, 1.82) is 0 Å². The van der Waals surface area contributed by atoms with E-state index < -0.39 is 0 Å². The second kappa shape index (κ2) is 5.01. The van der Waals surface area contributed by atoms with Gasteiger partial charge in [-0.15, -0.1) is 0 Å². The minimum atomic E-state index is 0.504. The lowest BCUT2D eigenvalue weighted by Gasteiger charge is -2.28. The van der Waals surface area contributed by atoms with Crippen molar-refractivity contribution in [3.05, 3.63) is 17.8 Å². The molecule has 2 N–H and O–H groups in total. The molecule has 1 rings (SSSR count). The van der Waals surface area contributed by atoms with Crippen molar-refractivity contribution in [3.63, 3.8) is 0 Å². The van der Waals surface area contributed by atoms with Gasteiger partial charge in [0.25, 0.3) is 0 Å². The number of hydrogen-bond acceptors (Lipinski definition) is 3. The molecule has 1 aromatic heterocycles. The van der Waals surface area contributed by atoms with Crippen molar-refractivity contribution >= 4 is 11.5 Å². The molecule has 1 atom stereocenters. The second-order valence-electron chi connectivity index (χ2n) is 3.94. The zero-order valence-electron chi connectivity index (χ0n) is 10.1. The third-order valence-corrected chi connectivity index (χ3v) is 2.89. The normalized spacial score (nSPS) is 12.5. The van der Waals surface area contributed by atoms with Crippen LogP contribution in [0.5, 0.6) is 0 Å². The van der Waals surface area contributed by atoms with Gasteiger partial charge in [-0.25, -0.2) is 4.98 Å². The number of nitrogen functional groups attached to an aromatic ring is 1. The van der Waals surface area contributed by atoms with Crippen LogP contribution >= 0.6 is 0 Å². The molecular weight excluding hydrogens is 186 g/mol. The Morgan fingerprint density at radius 1 is 1.47 bits per heavy atom. The van der Waals surface area contributed by atoms with Crippen LogP contribution in [0.1, 0.15) is 32.8 Å². The monoisotopic (exact) mass is 207 g/mol. The summed E-state index contributed by atoms with van der Waals surface area (Å²) < 4.78 is 0. The van der Waals surface area contributed by atoms with E-state index in [2.05, 4.69) is 30.7 Å². The summed E-state index contributed by atoms with van der Waals surface area (Å²) in [4.78, 5) is 6.70. The van der Waals surface area contributed by atoms with Crippen LogP contribution in [-0.2, 0) is 0 Å². The molecule has 3 heteroatoms. The highest BCUT2D eigenvalue weighted by Crippen LogP contribution is 2.20. The third-order valence-electron chi connectivity index (χ3n) is 2.89. The number of anilines is 2. The number of rotatable bonds is 4. The van der Waals surface area contributed by atoms with Gasteiger partial charge in [-0.1, -0.05) is 6.92 Å². The molecule has 84 valence electrons. The lowest BCUT2D eigenvalue weighted by molar-refractivity contribution is 0.623. The molecule has 0 aromatic carbocycles. The zero-order chi connectivity index (χ0) is 11.4. The lowest BCUT2D eigenvalue weighted by atomic mass is 10.2. The molecule has 0 radical (unpaired) electrons. The first-order valence-corrected chi connectivity index (χ1v) is 5.58. The minimum absolute atomic E-state index is 0.504. The van der Waals surface area contributed by atoms with Crippen molar-refractivity contribution in [2.24, 2.45) is 0 Å². The van der Waals surface area contributed by atoms with E-state index in [1.807, 2.05) is 19.2 Å². The Hall–Kier alpha value is -1.25. The van der Waals surface area contributed by atoms with Crippen molar-refractivity contribution in [3.8, 4) is 0 Å². The Labute approximate surface area is 92.3 Å². The average molecular weight is 207 g/mol. The average Bonchev–Trinajstić information content (AvgIpc) is 2.24. The molecule has 0 spiro atoms. The quantitative estimate of drug-likeness (QED) is 0.825. The maximum absolute atomic E-state index is 5.89. The van der Waals surface area contributed by atoms with E-state index in [0.717, 1.165) is 30.0 Å². The lowest BCUT2D eigenvalue weighted by Crippen LogP contribution is -2.33. The Morgan fingerprint density at radius 2 is 2.13 bits per heavy atom. The highest BCUT2D eigenvalue weighted by Gasteiger charge is 2.12. The van der Waals surface area contributed by atoms with E-state index in [9.17, 15) is 0 Å². The number of hydrogen-bond donors (Lipinski definition) is 1. The molecule has 0 amide bonds. The molecule has 1 aromatic rings. The fourth-order valence-corrected chi connectivity index (χ4v) is 1.60. The molecule has 0 saturated heterocycles. The molecule has 0 aliphatic rings. The van der Waals surface area contributed by atoms with Gasteiger partial charge in [0.15, 0.2) is 0 Å². The van der Waals surface area contributed by atoms with Gasteiger partial charge in [-0.05, 0) is 32.8 Å². The maximum Gasteiger partial charge on any atom is 0.130 e. The van der Waals surface area contributed by atoms with Crippen LogP contribution in [0, 0.1) is 6.92 Å². The SMILES string of the molecule is CCC(C)N(CC)c1cc(N)c(C)cn1. The number of aryl methyl sites for hydroxylation is 1. The van der Waals surface area contributed by atoms with Gasteiger partial charge >= 0.3 is 0 Å². The smallest absolute Gasteiger partial charge is 0.130 e. The number of nitrogens with two attached hydrogens (primary N) is 1. The second-order valence-corrected chi connectivity index (χ2v) is 3.94. The first kappa shape index (κ1) is 11.8. The Balaban J connectivity index is 2.97. The van der Waals surface area contributed by atoms with Gasteiger partial charge in [0.2, 0.25) is 0 Å². The summed E-state index contributed by atoms with van der Waals surface area (Å²) in [6.07, 6.45) is 2.96. The predicted octanol–water partition coefficient (Wildman–Crippen LogP) is 2.60. The van der Waals surface area contributed by atoms with Gasteiger partial charge in [0.05, 0.1) is 0 Å². The summed E-state index contributed by atoms with van der Waals surface area (Å²) >= 11 is 0. The molecule has 15 heavy (non-hydrogen) atoms. The van der Waals surface area contributed by atoms with E-state index >= 15 is 0 Å². The van der Waals surface area contributed by atoms with Gasteiger partial charge in [0, 0.05) is 30.5 Å². The molecule has 1 heterocycles. The van der Waals surface area contributed by atoms with Crippen LogP contribution in [0.3, 0.4) is 0 Å². The number of pyridine rings is 1. The fourth-order valence-electron chi connectivity index (χ4n) is 1.60. The van der Waals surface area contributed by atoms with Crippen molar-refractivity contribution in [2.75, 3.05) is 17.2 Å². The Morgan fingerprint density at radius 3 is 2.60 bits per heavy atom. The summed E-state index contributed by atoms with van der Waals surface area (Å²) in [5.74, 6) is 0.981. The molecule has 0 aliphatic carbocycles. The summed E-state index contributed by atoms with van der Waals surface area (Å²) in [6, 6.07) is 2.47. The topological polar surface area (TPSA) is 42.1 Å². The molecule has 0 bridgehead atoms. The van der Waals surface area contributed by atoms with E-state index in [1.165, 1.54) is 0 Å². The summed E-state index contributed by atoms with van der Waals surface area (Å²) in [5, 5.41) is 0. The van der Waals surface area contributed by atoms with Crippen LogP contribution in [0.25, 0.3) is 0 Å². The van der Waals surface area contributed by atoms with Crippen LogP contribution in [0.15, 0.2) is 12.3 Å². The fraction of sp³-hybridized carbons (Fsp3) is 0.583. The highest BCUT2D eigenvalue weighted by molar-refractivity contribution is 5.55. The maximum atomic E-state index is 5.89. The van der Waals surface area contributed by atoms with E-state index in [-0.39, 0.29) is 0 Å². The highest BCUT2D eigenvalue weighted by atomic mass is 15.2. The van der Waals surface area contributed by atoms with E-state index in [4.69, 9.17) is 5.73 Å². The Kier molecular flexibility index (Phi) is 3.95. The van der Waals surface area contributed by atoms with Gasteiger partial charge in [-0.3, -0.25) is 0 Å². The molecule has 0 aliphatic heterocycles. The van der Waals surface area contributed by atoms with E-state index in [1.54, 1.807) is 0 Å². The summed E-state index contributed by atoms with van der Waals surface area (Å²) in [7, 11) is 0. The largest absolute Gasteiger partial charge is 0.398 e. The first-order valence-electron chi connectivity index (χ1n) is 5.58. The summed E-state index contributed by atoms with van der Waals surface area (Å²) in [5.41, 5.74) is 7.75. The van der Waals surface area contributed by atoms with Crippen molar-refractivity contribution in [1.82, 2.24) is 4.98 Å². The molecule has 3 nitrogen and oxygen atoms in total. The molecule has 1 unspecified atom stereocenters. The zero-order valence-corrected chi connectivity index (χ0v) is 10.1.